The summed E-state index contributed by atoms with van der Waals surface area (Å²) in [6, 6.07) is 15.8. The summed E-state index contributed by atoms with van der Waals surface area (Å²) in [5.41, 5.74) is 1.12. The van der Waals surface area contributed by atoms with Gasteiger partial charge in [-0.1, -0.05) is 24.3 Å². The van der Waals surface area contributed by atoms with E-state index in [0.717, 1.165) is 0 Å². The largest absolute Gasteiger partial charge is 0.396 e. The molecule has 0 aliphatic heterocycles. The van der Waals surface area contributed by atoms with E-state index >= 15 is 4.39 Å². The third kappa shape index (κ3) is 4.85. The summed E-state index contributed by atoms with van der Waals surface area (Å²) >= 11 is 0. The van der Waals surface area contributed by atoms with Crippen LogP contribution in [0.4, 0.5) is 8.78 Å². The number of carbonyl (C=O) groups excluding carboxylic acids is 1. The van der Waals surface area contributed by atoms with Gasteiger partial charge in [0.2, 0.25) is 0 Å². The van der Waals surface area contributed by atoms with Crippen LogP contribution in [-0.4, -0.2) is 44.0 Å². The molecule has 0 spiro atoms. The third-order valence-electron chi connectivity index (χ3n) is 5.39. The van der Waals surface area contributed by atoms with Crippen molar-refractivity contribution in [1.29, 1.82) is 0 Å². The van der Waals surface area contributed by atoms with Crippen molar-refractivity contribution >= 4 is 5.91 Å². The Morgan fingerprint density at radius 3 is 2.47 bits per heavy atom. The Morgan fingerprint density at radius 1 is 1.03 bits per heavy atom. The first kappa shape index (κ1) is 23.2. The first-order chi connectivity index (χ1) is 16.5. The maximum absolute atomic E-state index is 15.3. The van der Waals surface area contributed by atoms with Gasteiger partial charge in [0.1, 0.15) is 23.3 Å². The molecule has 4 aromatic rings. The molecule has 7 nitrogen and oxygen atoms in total. The van der Waals surface area contributed by atoms with E-state index in [1.54, 1.807) is 36.4 Å². The Bertz CT molecular complexity index is 1260. The van der Waals surface area contributed by atoms with Crippen LogP contribution >= 0.6 is 0 Å². The van der Waals surface area contributed by atoms with Crippen LogP contribution in [0.1, 0.15) is 28.6 Å². The van der Waals surface area contributed by atoms with Gasteiger partial charge in [0.05, 0.1) is 11.7 Å². The minimum atomic E-state index is -1.15. The van der Waals surface area contributed by atoms with Crippen molar-refractivity contribution in [3.8, 4) is 22.5 Å². The van der Waals surface area contributed by atoms with E-state index in [0.29, 0.717) is 11.3 Å². The number of pyridine rings is 1. The summed E-state index contributed by atoms with van der Waals surface area (Å²) in [4.78, 5) is 17.3. The molecule has 0 fully saturated rings. The highest BCUT2D eigenvalue weighted by Gasteiger charge is 2.26. The maximum Gasteiger partial charge on any atom is 0.252 e. The number of halogens is 2. The summed E-state index contributed by atoms with van der Waals surface area (Å²) in [6.45, 7) is -0.271. The Balaban J connectivity index is 1.63. The fraction of sp³-hybridized carbons (Fsp3) is 0.160. The number of carbonyl (C=O) groups is 1. The van der Waals surface area contributed by atoms with Gasteiger partial charge in [-0.25, -0.2) is 8.78 Å². The van der Waals surface area contributed by atoms with Gasteiger partial charge < -0.3 is 15.5 Å². The van der Waals surface area contributed by atoms with E-state index in [2.05, 4.69) is 20.5 Å². The number of nitrogens with zero attached hydrogens (tertiary/aromatic N) is 2. The number of hydrogen-bond acceptors (Lipinski definition) is 5. The number of aromatic amines is 1. The van der Waals surface area contributed by atoms with Crippen LogP contribution in [0.15, 0.2) is 72.9 Å². The quantitative estimate of drug-likeness (QED) is 0.318. The topological polar surface area (TPSA) is 111 Å². The van der Waals surface area contributed by atoms with Crippen molar-refractivity contribution in [2.45, 2.75) is 18.6 Å². The number of rotatable bonds is 8. The molecule has 2 atom stereocenters. The lowest BCUT2D eigenvalue weighted by Gasteiger charge is -2.23. The number of aromatic nitrogens is 3. The van der Waals surface area contributed by atoms with Crippen molar-refractivity contribution in [2.24, 2.45) is 0 Å². The minimum Gasteiger partial charge on any atom is -0.396 e. The van der Waals surface area contributed by atoms with Crippen LogP contribution in [0.5, 0.6) is 0 Å². The molecule has 0 saturated carbocycles. The molecule has 1 unspecified atom stereocenters. The predicted molar refractivity (Wildman–Crippen MR) is 122 cm³/mol. The highest BCUT2D eigenvalue weighted by molar-refractivity contribution is 6.01. The number of hydrogen-bond donors (Lipinski definition) is 4. The first-order valence-electron chi connectivity index (χ1n) is 10.6. The van der Waals surface area contributed by atoms with E-state index in [4.69, 9.17) is 0 Å². The molecule has 2 aromatic carbocycles. The lowest BCUT2D eigenvalue weighted by molar-refractivity contribution is 0.0779. The molecular formula is C25H22F2N4O3. The molecule has 1 amide bonds. The number of aliphatic hydroxyl groups excluding tert-OH is 2. The maximum atomic E-state index is 15.3. The summed E-state index contributed by atoms with van der Waals surface area (Å²) < 4.78 is 28.5. The lowest BCUT2D eigenvalue weighted by atomic mass is 10.00. The summed E-state index contributed by atoms with van der Waals surface area (Å²) in [5, 5.41) is 29.5. The fourth-order valence-corrected chi connectivity index (χ4v) is 3.66. The average molecular weight is 464 g/mol. The van der Waals surface area contributed by atoms with E-state index in [1.165, 1.54) is 36.5 Å². The van der Waals surface area contributed by atoms with Crippen LogP contribution in [0, 0.1) is 11.6 Å². The van der Waals surface area contributed by atoms with Crippen LogP contribution < -0.4 is 5.32 Å². The van der Waals surface area contributed by atoms with Crippen molar-refractivity contribution < 1.29 is 23.8 Å². The minimum absolute atomic E-state index is 0.00550. The summed E-state index contributed by atoms with van der Waals surface area (Å²) in [5.74, 6) is -1.71. The van der Waals surface area contributed by atoms with E-state index in [1.807, 2.05) is 0 Å². The monoisotopic (exact) mass is 464 g/mol. The Labute approximate surface area is 194 Å². The molecule has 0 aliphatic carbocycles. The van der Waals surface area contributed by atoms with Gasteiger partial charge in [-0.05, 0) is 48.9 Å². The van der Waals surface area contributed by atoms with Crippen LogP contribution in [0.25, 0.3) is 22.5 Å². The van der Waals surface area contributed by atoms with E-state index in [9.17, 15) is 19.4 Å². The van der Waals surface area contributed by atoms with Gasteiger partial charge in [0.15, 0.2) is 5.82 Å². The highest BCUT2D eigenvalue weighted by atomic mass is 19.1. The number of H-pyrrole nitrogens is 1. The first-order valence-corrected chi connectivity index (χ1v) is 10.6. The second-order valence-corrected chi connectivity index (χ2v) is 7.61. The van der Waals surface area contributed by atoms with Gasteiger partial charge in [0.25, 0.3) is 5.91 Å². The molecule has 4 rings (SSSR count). The zero-order valence-corrected chi connectivity index (χ0v) is 18.0. The van der Waals surface area contributed by atoms with Gasteiger partial charge in [-0.3, -0.25) is 14.9 Å². The lowest BCUT2D eigenvalue weighted by Crippen LogP contribution is -2.40. The van der Waals surface area contributed by atoms with Crippen molar-refractivity contribution in [1.82, 2.24) is 20.5 Å². The van der Waals surface area contributed by atoms with Crippen LogP contribution in [0.2, 0.25) is 0 Å². The number of aliphatic hydroxyl groups is 2. The summed E-state index contributed by atoms with van der Waals surface area (Å²) in [7, 11) is 0. The molecule has 2 heterocycles. The zero-order valence-electron chi connectivity index (χ0n) is 18.0. The second-order valence-electron chi connectivity index (χ2n) is 7.61. The molecule has 4 N–H and O–H groups in total. The van der Waals surface area contributed by atoms with E-state index in [-0.39, 0.29) is 35.5 Å². The Morgan fingerprint density at radius 2 is 1.76 bits per heavy atom. The van der Waals surface area contributed by atoms with Gasteiger partial charge in [-0.2, -0.15) is 5.10 Å². The van der Waals surface area contributed by atoms with Crippen molar-refractivity contribution in [2.75, 3.05) is 6.61 Å². The zero-order chi connectivity index (χ0) is 24.1. The Kier molecular flexibility index (Phi) is 7.05. The standard InChI is InChI=1S/C25H22F2N4O3/c26-16-10-8-15(9-11-16)22-21(27)23(31-30-22)17-5-1-2-6-18(17)25(34)29-20(12-14-32)24(33)19-7-3-4-13-28-19/h1-11,13,20,24,32-33H,12,14H2,(H,29,34)(H,30,31)/t20-,24?/m0/s1. The number of amides is 1. The highest BCUT2D eigenvalue weighted by Crippen LogP contribution is 2.31. The number of benzene rings is 2. The molecule has 34 heavy (non-hydrogen) atoms. The normalized spacial score (nSPS) is 12.8. The molecular weight excluding hydrogens is 442 g/mol. The SMILES string of the molecule is O=C(N[C@@H](CCO)C(O)c1ccccn1)c1ccccc1-c1[nH]nc(-c2ccc(F)cc2)c1F. The van der Waals surface area contributed by atoms with Crippen LogP contribution in [-0.2, 0) is 0 Å². The summed E-state index contributed by atoms with van der Waals surface area (Å²) in [6.07, 6.45) is 0.447. The van der Waals surface area contributed by atoms with Crippen molar-refractivity contribution in [3.63, 3.8) is 0 Å². The van der Waals surface area contributed by atoms with E-state index < -0.39 is 29.7 Å². The smallest absolute Gasteiger partial charge is 0.252 e. The molecule has 2 aromatic heterocycles. The molecule has 0 bridgehead atoms. The van der Waals surface area contributed by atoms with Crippen LogP contribution in [0.3, 0.4) is 0 Å². The van der Waals surface area contributed by atoms with Gasteiger partial charge in [0, 0.05) is 29.5 Å². The molecule has 174 valence electrons. The van der Waals surface area contributed by atoms with Crippen molar-refractivity contribution in [3.05, 3.63) is 95.8 Å². The molecule has 0 aliphatic rings. The average Bonchev–Trinajstić information content (AvgIpc) is 3.25. The van der Waals surface area contributed by atoms with Gasteiger partial charge >= 0.3 is 0 Å². The molecule has 9 heteroatoms. The second kappa shape index (κ2) is 10.3. The third-order valence-corrected chi connectivity index (χ3v) is 5.39. The fourth-order valence-electron chi connectivity index (χ4n) is 3.66. The molecule has 0 saturated heterocycles. The predicted octanol–water partition coefficient (Wildman–Crippen LogP) is 3.63. The molecule has 0 radical (unpaired) electrons. The number of nitrogens with one attached hydrogen (secondary N) is 2. The Hall–Kier alpha value is -3.95. The van der Waals surface area contributed by atoms with Gasteiger partial charge in [-0.15, -0.1) is 0 Å².